The fraction of sp³-hybridized carbons (Fsp3) is 0.583. The van der Waals surface area contributed by atoms with Crippen molar-refractivity contribution in [1.82, 2.24) is 4.98 Å². The van der Waals surface area contributed by atoms with Crippen LogP contribution in [0.2, 0.25) is 0 Å². The molecule has 0 atom stereocenters. The molecule has 84 valence electrons. The van der Waals surface area contributed by atoms with Crippen LogP contribution in [0.3, 0.4) is 0 Å². The summed E-state index contributed by atoms with van der Waals surface area (Å²) in [4.78, 5) is 6.57. The number of pyridine rings is 1. The average Bonchev–Trinajstić information content (AvgIpc) is 2.19. The molecule has 0 aliphatic heterocycles. The molecule has 3 nitrogen and oxygen atoms in total. The van der Waals surface area contributed by atoms with Gasteiger partial charge in [0.05, 0.1) is 5.69 Å². The Morgan fingerprint density at radius 1 is 1.40 bits per heavy atom. The molecule has 1 rings (SSSR count). The predicted octanol–water partition coefficient (Wildman–Crippen LogP) is 2.60. The van der Waals surface area contributed by atoms with Gasteiger partial charge in [-0.3, -0.25) is 0 Å². The smallest absolute Gasteiger partial charge is 0.151 e. The number of hydrogen-bond acceptors (Lipinski definition) is 3. The van der Waals surface area contributed by atoms with Crippen LogP contribution in [0.1, 0.15) is 32.3 Å². The van der Waals surface area contributed by atoms with Gasteiger partial charge in [0, 0.05) is 19.3 Å². The van der Waals surface area contributed by atoms with Gasteiger partial charge in [-0.05, 0) is 31.4 Å². The van der Waals surface area contributed by atoms with E-state index in [1.165, 1.54) is 0 Å². The van der Waals surface area contributed by atoms with E-state index >= 15 is 0 Å². The van der Waals surface area contributed by atoms with E-state index in [-0.39, 0.29) is 0 Å². The Bertz CT molecular complexity index is 319. The Balaban J connectivity index is 2.94. The molecule has 2 N–H and O–H groups in total. The molecule has 0 bridgehead atoms. The lowest BCUT2D eigenvalue weighted by molar-refractivity contribution is 0.587. The summed E-state index contributed by atoms with van der Waals surface area (Å²) in [6.45, 7) is 6.38. The number of aromatic nitrogens is 1. The SMILES string of the molecule is CCC(CC)N(C)c1ncc(C)cc1N. The molecule has 0 saturated carbocycles. The second kappa shape index (κ2) is 5.01. The third kappa shape index (κ3) is 2.61. The van der Waals surface area contributed by atoms with E-state index < -0.39 is 0 Å². The van der Waals surface area contributed by atoms with Crippen LogP contribution < -0.4 is 10.6 Å². The number of anilines is 2. The minimum absolute atomic E-state index is 0.516. The Kier molecular flexibility index (Phi) is 3.95. The summed E-state index contributed by atoms with van der Waals surface area (Å²) < 4.78 is 0. The molecule has 0 aliphatic rings. The molecule has 0 aromatic carbocycles. The summed E-state index contributed by atoms with van der Waals surface area (Å²) in [6, 6.07) is 2.49. The maximum atomic E-state index is 5.97. The van der Waals surface area contributed by atoms with Gasteiger partial charge in [-0.15, -0.1) is 0 Å². The lowest BCUT2D eigenvalue weighted by atomic mass is 10.1. The Labute approximate surface area is 92.3 Å². The topological polar surface area (TPSA) is 42.2 Å². The predicted molar refractivity (Wildman–Crippen MR) is 66.2 cm³/mol. The highest BCUT2D eigenvalue weighted by molar-refractivity contribution is 5.63. The second-order valence-corrected chi connectivity index (χ2v) is 4.01. The third-order valence-electron chi connectivity index (χ3n) is 2.86. The first-order valence-corrected chi connectivity index (χ1v) is 5.55. The van der Waals surface area contributed by atoms with Crippen molar-refractivity contribution < 1.29 is 0 Å². The number of nitrogens with zero attached hydrogens (tertiary/aromatic N) is 2. The highest BCUT2D eigenvalue weighted by Crippen LogP contribution is 2.23. The van der Waals surface area contributed by atoms with Crippen molar-refractivity contribution in [3.05, 3.63) is 17.8 Å². The second-order valence-electron chi connectivity index (χ2n) is 4.01. The molecule has 0 spiro atoms. The van der Waals surface area contributed by atoms with Gasteiger partial charge in [0.2, 0.25) is 0 Å². The zero-order valence-corrected chi connectivity index (χ0v) is 10.1. The molecule has 1 heterocycles. The maximum absolute atomic E-state index is 5.97. The molecule has 0 aliphatic carbocycles. The summed E-state index contributed by atoms with van der Waals surface area (Å²) in [6.07, 6.45) is 4.09. The minimum Gasteiger partial charge on any atom is -0.396 e. The number of hydrogen-bond donors (Lipinski definition) is 1. The molecule has 1 aromatic rings. The monoisotopic (exact) mass is 207 g/mol. The van der Waals surface area contributed by atoms with E-state index in [2.05, 4.69) is 30.8 Å². The molecule has 0 fully saturated rings. The van der Waals surface area contributed by atoms with Crippen molar-refractivity contribution in [3.8, 4) is 0 Å². The van der Waals surface area contributed by atoms with Crippen LogP contribution in [-0.2, 0) is 0 Å². The first-order chi connectivity index (χ1) is 7.10. The highest BCUT2D eigenvalue weighted by Gasteiger charge is 2.14. The maximum Gasteiger partial charge on any atom is 0.151 e. The Morgan fingerprint density at radius 2 is 2.00 bits per heavy atom. The molecular weight excluding hydrogens is 186 g/mol. The van der Waals surface area contributed by atoms with Crippen molar-refractivity contribution in [3.63, 3.8) is 0 Å². The van der Waals surface area contributed by atoms with E-state index in [0.29, 0.717) is 6.04 Å². The Hall–Kier alpha value is -1.25. The van der Waals surface area contributed by atoms with Gasteiger partial charge in [0.1, 0.15) is 0 Å². The fourth-order valence-electron chi connectivity index (χ4n) is 1.89. The van der Waals surface area contributed by atoms with Crippen molar-refractivity contribution in [1.29, 1.82) is 0 Å². The summed E-state index contributed by atoms with van der Waals surface area (Å²) in [5.74, 6) is 0.898. The van der Waals surface area contributed by atoms with Gasteiger partial charge in [-0.1, -0.05) is 13.8 Å². The zero-order chi connectivity index (χ0) is 11.4. The van der Waals surface area contributed by atoms with Crippen molar-refractivity contribution in [2.75, 3.05) is 17.7 Å². The van der Waals surface area contributed by atoms with Crippen LogP contribution in [0, 0.1) is 6.92 Å². The first-order valence-electron chi connectivity index (χ1n) is 5.55. The van der Waals surface area contributed by atoms with E-state index in [4.69, 9.17) is 5.73 Å². The van der Waals surface area contributed by atoms with E-state index in [9.17, 15) is 0 Å². The van der Waals surface area contributed by atoms with E-state index in [0.717, 1.165) is 29.9 Å². The van der Waals surface area contributed by atoms with Crippen molar-refractivity contribution in [2.24, 2.45) is 0 Å². The molecular formula is C12H21N3. The molecule has 15 heavy (non-hydrogen) atoms. The summed E-state index contributed by atoms with van der Waals surface area (Å²) in [5, 5.41) is 0. The Morgan fingerprint density at radius 3 is 2.47 bits per heavy atom. The van der Waals surface area contributed by atoms with Gasteiger partial charge < -0.3 is 10.6 Å². The van der Waals surface area contributed by atoms with Gasteiger partial charge in [-0.2, -0.15) is 0 Å². The third-order valence-corrected chi connectivity index (χ3v) is 2.86. The molecule has 0 radical (unpaired) electrons. The number of rotatable bonds is 4. The largest absolute Gasteiger partial charge is 0.396 e. The van der Waals surface area contributed by atoms with Gasteiger partial charge in [-0.25, -0.2) is 4.98 Å². The van der Waals surface area contributed by atoms with Crippen LogP contribution >= 0.6 is 0 Å². The van der Waals surface area contributed by atoms with Crippen LogP contribution in [-0.4, -0.2) is 18.1 Å². The molecule has 1 aromatic heterocycles. The molecule has 0 amide bonds. The minimum atomic E-state index is 0.516. The first kappa shape index (κ1) is 11.8. The standard InChI is InChI=1S/C12H21N3/c1-5-10(6-2)15(4)12-11(13)7-9(3)8-14-12/h7-8,10H,5-6,13H2,1-4H3. The normalized spacial score (nSPS) is 10.7. The molecule has 3 heteroatoms. The fourth-order valence-corrected chi connectivity index (χ4v) is 1.89. The quantitative estimate of drug-likeness (QED) is 0.825. The van der Waals surface area contributed by atoms with Crippen molar-refractivity contribution >= 4 is 11.5 Å². The number of aryl methyl sites for hydroxylation is 1. The highest BCUT2D eigenvalue weighted by atomic mass is 15.2. The van der Waals surface area contributed by atoms with Crippen molar-refractivity contribution in [2.45, 2.75) is 39.7 Å². The van der Waals surface area contributed by atoms with Crippen LogP contribution in [0.4, 0.5) is 11.5 Å². The zero-order valence-electron chi connectivity index (χ0n) is 10.1. The summed E-state index contributed by atoms with van der Waals surface area (Å²) in [7, 11) is 2.06. The van der Waals surface area contributed by atoms with Gasteiger partial charge in [0.25, 0.3) is 0 Å². The van der Waals surface area contributed by atoms with Gasteiger partial charge in [0.15, 0.2) is 5.82 Å². The molecule has 0 saturated heterocycles. The van der Waals surface area contributed by atoms with Crippen LogP contribution in [0.5, 0.6) is 0 Å². The number of nitrogen functional groups attached to an aromatic ring is 1. The lowest BCUT2D eigenvalue weighted by Gasteiger charge is -2.28. The van der Waals surface area contributed by atoms with Gasteiger partial charge >= 0.3 is 0 Å². The lowest BCUT2D eigenvalue weighted by Crippen LogP contribution is -2.31. The van der Waals surface area contributed by atoms with Crippen LogP contribution in [0.25, 0.3) is 0 Å². The molecule has 0 unspecified atom stereocenters. The van der Waals surface area contributed by atoms with E-state index in [1.807, 2.05) is 19.2 Å². The average molecular weight is 207 g/mol. The van der Waals surface area contributed by atoms with E-state index in [1.54, 1.807) is 0 Å². The van der Waals surface area contributed by atoms with Crippen LogP contribution in [0.15, 0.2) is 12.3 Å². The number of nitrogens with two attached hydrogens (primary N) is 1. The summed E-state index contributed by atoms with van der Waals surface area (Å²) in [5.41, 5.74) is 7.84. The summed E-state index contributed by atoms with van der Waals surface area (Å²) >= 11 is 0.